The van der Waals surface area contributed by atoms with Gasteiger partial charge in [-0.2, -0.15) is 0 Å². The molecule has 0 aromatic heterocycles. The van der Waals surface area contributed by atoms with Gasteiger partial charge in [0.05, 0.1) is 6.42 Å². The lowest BCUT2D eigenvalue weighted by molar-refractivity contribution is -0.139. The number of Topliss-reactive ketones (excluding diaryl/α,β-unsaturated/α-hetero) is 1. The molecule has 0 aliphatic carbocycles. The number of rotatable bonds is 6. The van der Waals surface area contributed by atoms with E-state index in [1.807, 2.05) is 0 Å². The number of carboxylic acids is 1. The van der Waals surface area contributed by atoms with Gasteiger partial charge in [0.2, 0.25) is 0 Å². The van der Waals surface area contributed by atoms with E-state index < -0.39 is 42.6 Å². The third-order valence-electron chi connectivity index (χ3n) is 2.31. The van der Waals surface area contributed by atoms with Gasteiger partial charge in [-0.3, -0.25) is 14.4 Å². The summed E-state index contributed by atoms with van der Waals surface area (Å²) in [5.41, 5.74) is 0.0449. The molecule has 1 aromatic rings. The van der Waals surface area contributed by atoms with Gasteiger partial charge >= 0.3 is 5.97 Å². The zero-order valence-corrected chi connectivity index (χ0v) is 9.73. The van der Waals surface area contributed by atoms with Crippen molar-refractivity contribution in [2.75, 3.05) is 6.67 Å². The van der Waals surface area contributed by atoms with Crippen LogP contribution in [0.2, 0.25) is 0 Å². The van der Waals surface area contributed by atoms with Gasteiger partial charge in [0.1, 0.15) is 18.5 Å². The Balaban J connectivity index is 2.78. The Morgan fingerprint density at radius 3 is 2.26 bits per heavy atom. The van der Waals surface area contributed by atoms with Gasteiger partial charge in [-0.15, -0.1) is 0 Å². The third kappa shape index (κ3) is 4.46. The molecule has 0 spiro atoms. The Morgan fingerprint density at radius 1 is 1.21 bits per heavy atom. The summed E-state index contributed by atoms with van der Waals surface area (Å²) in [6, 6.07) is 2.97. The van der Waals surface area contributed by atoms with Crippen molar-refractivity contribution in [1.29, 1.82) is 0 Å². The second-order valence-electron chi connectivity index (χ2n) is 3.73. The van der Waals surface area contributed by atoms with E-state index in [-0.39, 0.29) is 5.56 Å². The number of carbonyl (C=O) groups excluding carboxylic acids is 2. The summed E-state index contributed by atoms with van der Waals surface area (Å²) in [4.78, 5) is 33.3. The number of carbonyl (C=O) groups is 3. The number of hydrogen-bond donors (Lipinski definition) is 2. The molecule has 19 heavy (non-hydrogen) atoms. The van der Waals surface area contributed by atoms with Crippen LogP contribution in [-0.2, 0) is 9.59 Å². The molecule has 1 aromatic carbocycles. The lowest BCUT2D eigenvalue weighted by Gasteiger charge is -2.14. The van der Waals surface area contributed by atoms with Crippen molar-refractivity contribution < 1.29 is 28.3 Å². The topological polar surface area (TPSA) is 83.5 Å². The number of amides is 1. The smallest absolute Gasteiger partial charge is 0.305 e. The largest absolute Gasteiger partial charge is 0.481 e. The minimum Gasteiger partial charge on any atom is -0.481 e. The Kier molecular flexibility index (Phi) is 5.11. The predicted molar refractivity (Wildman–Crippen MR) is 60.9 cm³/mol. The highest BCUT2D eigenvalue weighted by atomic mass is 19.1. The van der Waals surface area contributed by atoms with Crippen LogP contribution >= 0.6 is 0 Å². The quantitative estimate of drug-likeness (QED) is 0.806. The maximum atomic E-state index is 12.7. The van der Waals surface area contributed by atoms with Gasteiger partial charge in [0.15, 0.2) is 5.78 Å². The Hall–Kier alpha value is -2.31. The fourth-order valence-corrected chi connectivity index (χ4v) is 1.36. The van der Waals surface area contributed by atoms with E-state index in [9.17, 15) is 23.2 Å². The zero-order chi connectivity index (χ0) is 14.4. The highest BCUT2D eigenvalue weighted by molar-refractivity contribution is 5.99. The minimum absolute atomic E-state index is 0.0449. The van der Waals surface area contributed by atoms with Gasteiger partial charge in [-0.1, -0.05) is 0 Å². The molecule has 7 heteroatoms. The first kappa shape index (κ1) is 14.7. The van der Waals surface area contributed by atoms with E-state index >= 15 is 0 Å². The first-order chi connectivity index (χ1) is 8.93. The highest BCUT2D eigenvalue weighted by Gasteiger charge is 2.23. The number of aliphatic carboxylic acids is 1. The lowest BCUT2D eigenvalue weighted by atomic mass is 10.1. The monoisotopic (exact) mass is 271 g/mol. The molecule has 102 valence electrons. The molecule has 0 aliphatic heterocycles. The molecule has 0 heterocycles. The normalized spacial score (nSPS) is 11.7. The summed E-state index contributed by atoms with van der Waals surface area (Å²) < 4.78 is 24.9. The highest BCUT2D eigenvalue weighted by Crippen LogP contribution is 2.04. The number of nitrogens with one attached hydrogen (secondary N) is 1. The van der Waals surface area contributed by atoms with E-state index in [4.69, 9.17) is 5.11 Å². The maximum absolute atomic E-state index is 12.7. The lowest BCUT2D eigenvalue weighted by Crippen LogP contribution is -2.43. The van der Waals surface area contributed by atoms with Crippen LogP contribution < -0.4 is 5.32 Å². The van der Waals surface area contributed by atoms with Crippen molar-refractivity contribution in [3.63, 3.8) is 0 Å². The maximum Gasteiger partial charge on any atom is 0.305 e. The number of alkyl halides is 1. The summed E-state index contributed by atoms with van der Waals surface area (Å²) in [5, 5.41) is 10.7. The van der Waals surface area contributed by atoms with Crippen molar-refractivity contribution >= 4 is 17.7 Å². The fourth-order valence-electron chi connectivity index (χ4n) is 1.36. The van der Waals surface area contributed by atoms with E-state index in [0.29, 0.717) is 0 Å². The molecule has 1 atom stereocenters. The first-order valence-corrected chi connectivity index (χ1v) is 5.31. The van der Waals surface area contributed by atoms with Crippen LogP contribution in [0.5, 0.6) is 0 Å². The van der Waals surface area contributed by atoms with Crippen LogP contribution in [0, 0.1) is 5.82 Å². The van der Waals surface area contributed by atoms with Crippen LogP contribution in [0.15, 0.2) is 24.3 Å². The molecule has 0 aliphatic rings. The van der Waals surface area contributed by atoms with Gasteiger partial charge in [-0.25, -0.2) is 8.78 Å². The number of benzene rings is 1. The number of ketones is 1. The molecular formula is C12H11F2NO4. The number of carboxylic acid groups (broad SMARTS) is 1. The molecular weight excluding hydrogens is 260 g/mol. The van der Waals surface area contributed by atoms with Crippen LogP contribution in [0.1, 0.15) is 16.8 Å². The Labute approximate surface area is 107 Å². The molecule has 0 fully saturated rings. The number of halogens is 2. The average Bonchev–Trinajstić information content (AvgIpc) is 2.37. The minimum atomic E-state index is -1.44. The first-order valence-electron chi connectivity index (χ1n) is 5.31. The third-order valence-corrected chi connectivity index (χ3v) is 2.31. The SMILES string of the molecule is O=C(O)CC(NC(=O)c1ccc(F)cc1)C(=O)CF. The molecule has 1 amide bonds. The standard InChI is InChI=1S/C12H11F2NO4/c13-6-10(16)9(5-11(17)18)15-12(19)7-1-3-8(14)4-2-7/h1-4,9H,5-6H2,(H,15,19)(H,17,18). The second-order valence-corrected chi connectivity index (χ2v) is 3.73. The van der Waals surface area contributed by atoms with Gasteiger partial charge in [0.25, 0.3) is 5.91 Å². The van der Waals surface area contributed by atoms with Gasteiger partial charge in [-0.05, 0) is 24.3 Å². The molecule has 0 bridgehead atoms. The predicted octanol–water partition coefficient (Wildman–Crippen LogP) is 0.937. The van der Waals surface area contributed by atoms with E-state index in [2.05, 4.69) is 5.32 Å². The zero-order valence-electron chi connectivity index (χ0n) is 9.73. The fraction of sp³-hybridized carbons (Fsp3) is 0.250. The van der Waals surface area contributed by atoms with Crippen LogP contribution in [0.3, 0.4) is 0 Å². The molecule has 1 rings (SSSR count). The molecule has 0 radical (unpaired) electrons. The molecule has 2 N–H and O–H groups in total. The molecule has 0 saturated carbocycles. The van der Waals surface area contributed by atoms with Gasteiger partial charge < -0.3 is 10.4 Å². The summed E-state index contributed by atoms with van der Waals surface area (Å²) in [6.45, 7) is -1.37. The summed E-state index contributed by atoms with van der Waals surface area (Å²) in [6.07, 6.45) is -0.713. The average molecular weight is 271 g/mol. The van der Waals surface area contributed by atoms with Crippen LogP contribution in [-0.4, -0.2) is 35.5 Å². The van der Waals surface area contributed by atoms with E-state index in [0.717, 1.165) is 12.1 Å². The van der Waals surface area contributed by atoms with Crippen LogP contribution in [0.4, 0.5) is 8.78 Å². The van der Waals surface area contributed by atoms with Crippen molar-refractivity contribution in [3.05, 3.63) is 35.6 Å². The number of hydrogen-bond acceptors (Lipinski definition) is 3. The summed E-state index contributed by atoms with van der Waals surface area (Å²) in [7, 11) is 0. The summed E-state index contributed by atoms with van der Waals surface area (Å²) in [5.74, 6) is -3.68. The summed E-state index contributed by atoms with van der Waals surface area (Å²) >= 11 is 0. The van der Waals surface area contributed by atoms with Crippen molar-refractivity contribution in [2.24, 2.45) is 0 Å². The van der Waals surface area contributed by atoms with Crippen molar-refractivity contribution in [2.45, 2.75) is 12.5 Å². The molecule has 0 saturated heterocycles. The van der Waals surface area contributed by atoms with Crippen molar-refractivity contribution in [1.82, 2.24) is 5.32 Å². The van der Waals surface area contributed by atoms with E-state index in [1.165, 1.54) is 12.1 Å². The Morgan fingerprint density at radius 2 is 1.79 bits per heavy atom. The van der Waals surface area contributed by atoms with E-state index in [1.54, 1.807) is 0 Å². The van der Waals surface area contributed by atoms with Crippen molar-refractivity contribution in [3.8, 4) is 0 Å². The second kappa shape index (κ2) is 6.58. The molecule has 5 nitrogen and oxygen atoms in total. The van der Waals surface area contributed by atoms with Gasteiger partial charge in [0, 0.05) is 5.56 Å². The molecule has 1 unspecified atom stereocenters. The van der Waals surface area contributed by atoms with Crippen LogP contribution in [0.25, 0.3) is 0 Å². The Bertz CT molecular complexity index is 487.